The maximum atomic E-state index is 13.2. The maximum absolute atomic E-state index is 13.2. The molecule has 3 fully saturated rings. The lowest BCUT2D eigenvalue weighted by molar-refractivity contribution is -0.182. The molecule has 0 aromatic heterocycles. The van der Waals surface area contributed by atoms with E-state index in [1.54, 1.807) is 19.1 Å². The van der Waals surface area contributed by atoms with Crippen LogP contribution in [0.2, 0.25) is 0 Å². The molecule has 0 amide bonds. The fraction of sp³-hybridized carbons (Fsp3) is 0.650. The number of aliphatic carboxylic acids is 1. The molecule has 0 unspecified atom stereocenters. The topological polar surface area (TPSA) is 91.7 Å². The number of carboxylic acid groups (broad SMARTS) is 1. The Labute approximate surface area is 157 Å². The quantitative estimate of drug-likeness (QED) is 0.684. The molecule has 0 aromatic carbocycles. The van der Waals surface area contributed by atoms with Gasteiger partial charge in [0.2, 0.25) is 0 Å². The molecular formula is C20H23ClO5. The first-order valence-electron chi connectivity index (χ1n) is 9.12. The number of hydrogen-bond donors (Lipinski definition) is 2. The summed E-state index contributed by atoms with van der Waals surface area (Å²) in [6.45, 7) is 3.69. The van der Waals surface area contributed by atoms with Gasteiger partial charge in [-0.1, -0.05) is 19.9 Å². The predicted octanol–water partition coefficient (Wildman–Crippen LogP) is 2.51. The van der Waals surface area contributed by atoms with E-state index in [0.29, 0.717) is 12.8 Å². The number of carboxylic acids is 1. The Kier molecular flexibility index (Phi) is 3.65. The molecule has 0 bridgehead atoms. The summed E-state index contributed by atoms with van der Waals surface area (Å²) in [6.07, 6.45) is 6.14. The monoisotopic (exact) mass is 378 g/mol. The predicted molar refractivity (Wildman–Crippen MR) is 94.6 cm³/mol. The zero-order chi connectivity index (χ0) is 19.1. The van der Waals surface area contributed by atoms with E-state index >= 15 is 0 Å². The highest BCUT2D eigenvalue weighted by molar-refractivity contribution is 6.23. The van der Waals surface area contributed by atoms with Gasteiger partial charge in [0.05, 0.1) is 5.38 Å². The normalized spacial score (nSPS) is 49.9. The average Bonchev–Trinajstić information content (AvgIpc) is 2.81. The Morgan fingerprint density at radius 1 is 1.31 bits per heavy atom. The summed E-state index contributed by atoms with van der Waals surface area (Å²) >= 11 is 6.64. The number of allylic oxidation sites excluding steroid dienone is 4. The van der Waals surface area contributed by atoms with Crippen molar-refractivity contribution in [2.24, 2.45) is 28.6 Å². The molecule has 4 aliphatic rings. The van der Waals surface area contributed by atoms with E-state index in [-0.39, 0.29) is 47.5 Å². The van der Waals surface area contributed by atoms with Crippen LogP contribution in [0.4, 0.5) is 0 Å². The van der Waals surface area contributed by atoms with Crippen LogP contribution in [0.1, 0.15) is 39.5 Å². The number of Topliss-reactive ketones (excluding diaryl/α,β-unsaturated/α-hetero) is 1. The van der Waals surface area contributed by atoms with Crippen LogP contribution >= 0.6 is 11.6 Å². The van der Waals surface area contributed by atoms with Crippen molar-refractivity contribution in [2.45, 2.75) is 50.5 Å². The molecule has 4 aliphatic carbocycles. The van der Waals surface area contributed by atoms with Gasteiger partial charge in [0, 0.05) is 23.2 Å². The van der Waals surface area contributed by atoms with Crippen LogP contribution < -0.4 is 0 Å². The van der Waals surface area contributed by atoms with Gasteiger partial charge in [0.1, 0.15) is 5.78 Å². The molecular weight excluding hydrogens is 356 g/mol. The summed E-state index contributed by atoms with van der Waals surface area (Å²) in [4.78, 5) is 36.9. The lowest BCUT2D eigenvalue weighted by atomic mass is 9.47. The molecule has 0 heterocycles. The van der Waals surface area contributed by atoms with Gasteiger partial charge in [0.15, 0.2) is 11.4 Å². The molecule has 0 radical (unpaired) electrons. The Morgan fingerprint density at radius 2 is 2.00 bits per heavy atom. The summed E-state index contributed by atoms with van der Waals surface area (Å²) < 4.78 is 0. The van der Waals surface area contributed by atoms with Crippen LogP contribution in [0, 0.1) is 28.6 Å². The van der Waals surface area contributed by atoms with Crippen LogP contribution in [0.5, 0.6) is 0 Å². The lowest BCUT2D eigenvalue weighted by Crippen LogP contribution is -2.61. The van der Waals surface area contributed by atoms with E-state index in [0.717, 1.165) is 5.57 Å². The fourth-order valence-electron chi connectivity index (χ4n) is 6.40. The number of halogens is 1. The standard InChI is InChI=1S/C20H23ClO5/c1-18-5-3-10(22)7-13(18)14(21)8-11-12-4-6-20(26,17(24)25)19(12,2)9-15(23)16(11)18/h3,5,7,11-12,14,16,26H,4,6,8-9H2,1-2H3,(H,24,25)/t11-,12-,14-,16+,18-,19-,20-/m0/s1. The number of fused-ring (bicyclic) bond motifs is 5. The Morgan fingerprint density at radius 3 is 2.65 bits per heavy atom. The third kappa shape index (κ3) is 1.99. The highest BCUT2D eigenvalue weighted by Gasteiger charge is 2.69. The molecule has 5 nitrogen and oxygen atoms in total. The van der Waals surface area contributed by atoms with Crippen LogP contribution in [-0.2, 0) is 14.4 Å². The Bertz CT molecular complexity index is 785. The second kappa shape index (κ2) is 5.29. The molecule has 0 aliphatic heterocycles. The minimum absolute atomic E-state index is 0.0358. The number of aliphatic hydroxyl groups is 1. The Hall–Kier alpha value is -1.46. The number of ketones is 2. The zero-order valence-corrected chi connectivity index (χ0v) is 15.6. The molecule has 26 heavy (non-hydrogen) atoms. The molecule has 4 rings (SSSR count). The van der Waals surface area contributed by atoms with E-state index in [9.17, 15) is 24.6 Å². The van der Waals surface area contributed by atoms with Crippen molar-refractivity contribution in [1.29, 1.82) is 0 Å². The second-order valence-electron chi connectivity index (χ2n) is 8.83. The van der Waals surface area contributed by atoms with Gasteiger partial charge in [-0.05, 0) is 48.8 Å². The molecule has 0 spiro atoms. The smallest absolute Gasteiger partial charge is 0.336 e. The van der Waals surface area contributed by atoms with E-state index in [1.807, 2.05) is 6.92 Å². The summed E-state index contributed by atoms with van der Waals surface area (Å²) in [5.74, 6) is -1.92. The first-order valence-corrected chi connectivity index (χ1v) is 9.56. The third-order valence-corrected chi connectivity index (χ3v) is 8.16. The van der Waals surface area contributed by atoms with Crippen LogP contribution in [0.25, 0.3) is 0 Å². The number of carbonyl (C=O) groups is 3. The van der Waals surface area contributed by atoms with Crippen molar-refractivity contribution >= 4 is 29.1 Å². The van der Waals surface area contributed by atoms with E-state index in [4.69, 9.17) is 11.6 Å². The fourth-order valence-corrected chi connectivity index (χ4v) is 6.90. The number of carbonyl (C=O) groups excluding carboxylic acids is 2. The summed E-state index contributed by atoms with van der Waals surface area (Å²) in [7, 11) is 0. The van der Waals surface area contributed by atoms with Gasteiger partial charge >= 0.3 is 5.97 Å². The molecule has 0 saturated heterocycles. The van der Waals surface area contributed by atoms with E-state index in [2.05, 4.69) is 0 Å². The molecule has 7 atom stereocenters. The van der Waals surface area contributed by atoms with Gasteiger partial charge in [-0.25, -0.2) is 4.79 Å². The molecule has 2 N–H and O–H groups in total. The van der Waals surface area contributed by atoms with Crippen molar-refractivity contribution in [3.05, 3.63) is 23.8 Å². The van der Waals surface area contributed by atoms with Crippen LogP contribution in [0.15, 0.2) is 23.8 Å². The Balaban J connectivity index is 1.81. The van der Waals surface area contributed by atoms with Crippen molar-refractivity contribution in [2.75, 3.05) is 0 Å². The number of rotatable bonds is 1. The molecule has 6 heteroatoms. The molecule has 0 aromatic rings. The minimum atomic E-state index is -1.88. The van der Waals surface area contributed by atoms with Gasteiger partial charge in [-0.15, -0.1) is 11.6 Å². The average molecular weight is 379 g/mol. The highest BCUT2D eigenvalue weighted by atomic mass is 35.5. The summed E-state index contributed by atoms with van der Waals surface area (Å²) in [6, 6.07) is 0. The first kappa shape index (κ1) is 17.9. The van der Waals surface area contributed by atoms with Gasteiger partial charge in [0.25, 0.3) is 0 Å². The highest BCUT2D eigenvalue weighted by Crippen LogP contribution is 2.66. The van der Waals surface area contributed by atoms with Gasteiger partial charge < -0.3 is 10.2 Å². The third-order valence-electron chi connectivity index (χ3n) is 7.74. The van der Waals surface area contributed by atoms with Crippen molar-refractivity contribution in [1.82, 2.24) is 0 Å². The van der Waals surface area contributed by atoms with Crippen molar-refractivity contribution < 1.29 is 24.6 Å². The lowest BCUT2D eigenvalue weighted by Gasteiger charge is -2.57. The van der Waals surface area contributed by atoms with Gasteiger partial charge in [-0.3, -0.25) is 9.59 Å². The maximum Gasteiger partial charge on any atom is 0.336 e. The summed E-state index contributed by atoms with van der Waals surface area (Å²) in [5, 5.41) is 20.1. The zero-order valence-electron chi connectivity index (χ0n) is 14.9. The summed E-state index contributed by atoms with van der Waals surface area (Å²) in [5.41, 5.74) is -2.70. The number of alkyl halides is 1. The largest absolute Gasteiger partial charge is 0.479 e. The number of hydrogen-bond acceptors (Lipinski definition) is 4. The van der Waals surface area contributed by atoms with Gasteiger partial charge in [-0.2, -0.15) is 0 Å². The molecule has 140 valence electrons. The first-order chi connectivity index (χ1) is 12.0. The van der Waals surface area contributed by atoms with Crippen LogP contribution in [0.3, 0.4) is 0 Å². The van der Waals surface area contributed by atoms with Crippen molar-refractivity contribution in [3.8, 4) is 0 Å². The van der Waals surface area contributed by atoms with E-state index in [1.165, 1.54) is 6.08 Å². The molecule has 3 saturated carbocycles. The minimum Gasteiger partial charge on any atom is -0.479 e. The van der Waals surface area contributed by atoms with Crippen LogP contribution in [-0.4, -0.2) is 38.7 Å². The SMILES string of the molecule is C[C@]12C=CC(=O)C=C1[C@@H](Cl)C[C@@H]1[C@@H]2C(=O)C[C@@]2(C)[C@H]1CC[C@]2(O)C(=O)O. The van der Waals surface area contributed by atoms with Crippen molar-refractivity contribution in [3.63, 3.8) is 0 Å². The second-order valence-corrected chi connectivity index (χ2v) is 9.36. The van der Waals surface area contributed by atoms with E-state index < -0.39 is 22.4 Å².